The van der Waals surface area contributed by atoms with Gasteiger partial charge in [-0.3, -0.25) is 0 Å². The van der Waals surface area contributed by atoms with Crippen molar-refractivity contribution in [2.75, 3.05) is 0 Å². The van der Waals surface area contributed by atoms with Crippen molar-refractivity contribution < 1.29 is 0 Å². The molecule has 0 rings (SSSR count). The highest BCUT2D eigenvalue weighted by molar-refractivity contribution is 6.69. The van der Waals surface area contributed by atoms with Crippen LogP contribution in [0.25, 0.3) is 0 Å². The summed E-state index contributed by atoms with van der Waals surface area (Å²) < 4.78 is -1.46. The van der Waals surface area contributed by atoms with Gasteiger partial charge in [-0.15, -0.1) is 0 Å². The van der Waals surface area contributed by atoms with Gasteiger partial charge in [-0.05, 0) is 5.92 Å². The van der Waals surface area contributed by atoms with Gasteiger partial charge in [-0.1, -0.05) is 40.7 Å². The Kier molecular flexibility index (Phi) is 2.83. The quantitative estimate of drug-likeness (QED) is 0.373. The van der Waals surface area contributed by atoms with E-state index in [4.69, 9.17) is 34.8 Å². The summed E-state index contributed by atoms with van der Waals surface area (Å²) in [5, 5.41) is 0. The van der Waals surface area contributed by atoms with E-state index in [1.54, 1.807) is 0 Å². The summed E-state index contributed by atoms with van der Waals surface area (Å²) in [6.45, 7) is 3.16. The predicted molar refractivity (Wildman–Crippen MR) is 33.4 cm³/mol. The minimum Gasteiger partial charge on any atom is -0.0979 e. The topological polar surface area (TPSA) is 0 Å². The third-order valence-corrected chi connectivity index (χ3v) is 0.514. The van der Waals surface area contributed by atoms with E-state index in [1.165, 1.54) is 0 Å². The van der Waals surface area contributed by atoms with Crippen LogP contribution in [0.5, 0.6) is 0 Å². The molecule has 0 heterocycles. The fourth-order valence-corrected chi connectivity index (χ4v) is 0.301. The highest BCUT2D eigenvalue weighted by Gasteiger charge is 2.13. The largest absolute Gasteiger partial charge is 0.252 e. The van der Waals surface area contributed by atoms with Crippen LogP contribution < -0.4 is 0 Å². The first-order chi connectivity index (χ1) is 3.06. The smallest absolute Gasteiger partial charge is 0.0979 e. The van der Waals surface area contributed by atoms with Crippen LogP contribution in [0.1, 0.15) is 0 Å². The number of rotatable bonds is 0. The zero-order valence-electron chi connectivity index (χ0n) is 3.34. The lowest BCUT2D eigenvalue weighted by molar-refractivity contribution is 1.56. The number of hydrogen-bond acceptors (Lipinski definition) is 0. The minimum atomic E-state index is -1.46. The molecule has 0 amide bonds. The van der Waals surface area contributed by atoms with E-state index in [2.05, 4.69) is 18.8 Å². The van der Waals surface area contributed by atoms with Gasteiger partial charge in [-0.2, -0.15) is 0 Å². The molecule has 0 saturated carbocycles. The van der Waals surface area contributed by atoms with Crippen LogP contribution in [0.3, 0.4) is 0 Å². The molecule has 0 spiro atoms. The van der Waals surface area contributed by atoms with Crippen LogP contribution in [-0.4, -0.2) is 3.79 Å². The molecular formula is C4H2Cl3. The highest BCUT2D eigenvalue weighted by atomic mass is 35.6. The molecule has 0 aliphatic rings. The Bertz CT molecular complexity index is 100. The van der Waals surface area contributed by atoms with Crippen LogP contribution >= 0.6 is 34.8 Å². The van der Waals surface area contributed by atoms with Crippen molar-refractivity contribution in [3.8, 4) is 11.8 Å². The van der Waals surface area contributed by atoms with Crippen molar-refractivity contribution in [1.82, 2.24) is 0 Å². The summed E-state index contributed by atoms with van der Waals surface area (Å²) in [5.74, 6) is 4.43. The second kappa shape index (κ2) is 2.67. The maximum atomic E-state index is 5.15. The van der Waals surface area contributed by atoms with E-state index in [9.17, 15) is 0 Å². The second-order valence-corrected chi connectivity index (χ2v) is 3.08. The van der Waals surface area contributed by atoms with Crippen molar-refractivity contribution in [3.63, 3.8) is 0 Å². The highest BCUT2D eigenvalue weighted by Crippen LogP contribution is 2.23. The molecule has 0 fully saturated rings. The molecule has 0 nitrogen and oxygen atoms in total. The van der Waals surface area contributed by atoms with Crippen LogP contribution in [0.4, 0.5) is 0 Å². The number of halogens is 3. The summed E-state index contributed by atoms with van der Waals surface area (Å²) in [6.07, 6.45) is 0. The molecule has 3 heteroatoms. The van der Waals surface area contributed by atoms with Crippen LogP contribution in [-0.2, 0) is 0 Å². The fourth-order valence-electron chi connectivity index (χ4n) is 0.100. The van der Waals surface area contributed by atoms with Gasteiger partial charge in [-0.25, -0.2) is 0 Å². The monoisotopic (exact) mass is 155 g/mol. The van der Waals surface area contributed by atoms with Gasteiger partial charge in [0, 0.05) is 6.92 Å². The standard InChI is InChI=1S/C4H2Cl3/c1-2-3-4(5,6)7/h1H2. The van der Waals surface area contributed by atoms with E-state index in [-0.39, 0.29) is 0 Å². The van der Waals surface area contributed by atoms with Gasteiger partial charge in [0.1, 0.15) is 0 Å². The average Bonchev–Trinajstić information content (AvgIpc) is 1.30. The second-order valence-electron chi connectivity index (χ2n) is 0.800. The molecule has 7 heavy (non-hydrogen) atoms. The first-order valence-corrected chi connectivity index (χ1v) is 2.55. The molecule has 39 valence electrons. The van der Waals surface area contributed by atoms with Crippen molar-refractivity contribution in [2.45, 2.75) is 3.79 Å². The van der Waals surface area contributed by atoms with E-state index in [0.29, 0.717) is 0 Å². The Hall–Kier alpha value is 0.430. The van der Waals surface area contributed by atoms with Gasteiger partial charge in [0.15, 0.2) is 0 Å². The molecule has 0 aromatic rings. The number of alkyl halides is 3. The fraction of sp³-hybridized carbons (Fsp3) is 0.250. The van der Waals surface area contributed by atoms with Gasteiger partial charge in [0.05, 0.1) is 0 Å². The van der Waals surface area contributed by atoms with Crippen molar-refractivity contribution in [3.05, 3.63) is 6.92 Å². The molecule has 0 saturated heterocycles. The van der Waals surface area contributed by atoms with Crippen LogP contribution in [0, 0.1) is 18.8 Å². The van der Waals surface area contributed by atoms with Crippen LogP contribution in [0.15, 0.2) is 0 Å². The summed E-state index contributed by atoms with van der Waals surface area (Å²) in [7, 11) is 0. The van der Waals surface area contributed by atoms with E-state index < -0.39 is 3.79 Å². The van der Waals surface area contributed by atoms with Crippen molar-refractivity contribution >= 4 is 34.8 Å². The minimum absolute atomic E-state index is 1.46. The first-order valence-electron chi connectivity index (χ1n) is 1.42. The normalized spacial score (nSPS) is 9.71. The van der Waals surface area contributed by atoms with Gasteiger partial charge >= 0.3 is 0 Å². The summed E-state index contributed by atoms with van der Waals surface area (Å²) in [6, 6.07) is 0. The lowest BCUT2D eigenvalue weighted by Gasteiger charge is -1.95. The lowest BCUT2D eigenvalue weighted by atomic mass is 10.7. The zero-order valence-corrected chi connectivity index (χ0v) is 5.61. The average molecular weight is 156 g/mol. The first kappa shape index (κ1) is 7.43. The van der Waals surface area contributed by atoms with Gasteiger partial charge in [0.25, 0.3) is 3.79 Å². The maximum absolute atomic E-state index is 5.15. The molecule has 1 radical (unpaired) electrons. The van der Waals surface area contributed by atoms with Crippen molar-refractivity contribution in [1.29, 1.82) is 0 Å². The molecule has 0 aliphatic heterocycles. The van der Waals surface area contributed by atoms with Gasteiger partial charge < -0.3 is 0 Å². The Morgan fingerprint density at radius 2 is 1.71 bits per heavy atom. The molecule has 0 aliphatic carbocycles. The lowest BCUT2D eigenvalue weighted by Crippen LogP contribution is -1.93. The molecule has 0 unspecified atom stereocenters. The zero-order chi connectivity index (χ0) is 5.91. The van der Waals surface area contributed by atoms with E-state index >= 15 is 0 Å². The Balaban J connectivity index is 3.72. The van der Waals surface area contributed by atoms with Crippen LogP contribution in [0.2, 0.25) is 0 Å². The summed E-state index contributed by atoms with van der Waals surface area (Å²) in [5.41, 5.74) is 0. The Morgan fingerprint density at radius 1 is 1.29 bits per heavy atom. The number of hydrogen-bond donors (Lipinski definition) is 0. The summed E-state index contributed by atoms with van der Waals surface area (Å²) in [4.78, 5) is 0. The molecule has 0 atom stereocenters. The third kappa shape index (κ3) is 6.43. The Morgan fingerprint density at radius 3 is 1.71 bits per heavy atom. The molecule has 0 N–H and O–H groups in total. The molecular weight excluding hydrogens is 154 g/mol. The predicted octanol–water partition coefficient (Wildman–Crippen LogP) is 2.19. The van der Waals surface area contributed by atoms with E-state index in [1.807, 2.05) is 0 Å². The third-order valence-electron chi connectivity index (χ3n) is 0.230. The maximum Gasteiger partial charge on any atom is 0.252 e. The molecule has 0 aromatic carbocycles. The van der Waals surface area contributed by atoms with E-state index in [0.717, 1.165) is 0 Å². The van der Waals surface area contributed by atoms with Gasteiger partial charge in [0.2, 0.25) is 0 Å². The molecule has 0 aromatic heterocycles. The Labute approximate surface area is 57.7 Å². The van der Waals surface area contributed by atoms with Crippen molar-refractivity contribution in [2.24, 2.45) is 0 Å². The summed E-state index contributed by atoms with van der Waals surface area (Å²) >= 11 is 15.5. The molecule has 0 bridgehead atoms. The SMILES string of the molecule is [CH2]C#CC(Cl)(Cl)Cl.